The van der Waals surface area contributed by atoms with Crippen LogP contribution in [0.25, 0.3) is 5.65 Å². The molecule has 5 heteroatoms. The van der Waals surface area contributed by atoms with Crippen LogP contribution in [0.15, 0.2) is 16.7 Å². The maximum atomic E-state index is 5.85. The molecule has 0 aliphatic heterocycles. The fourth-order valence-electron chi connectivity index (χ4n) is 1.03. The van der Waals surface area contributed by atoms with Crippen LogP contribution in [0.3, 0.4) is 0 Å². The maximum Gasteiger partial charge on any atom is 0.175 e. The van der Waals surface area contributed by atoms with Gasteiger partial charge in [0.2, 0.25) is 0 Å². The Morgan fingerprint density at radius 3 is 3.00 bits per heavy atom. The van der Waals surface area contributed by atoms with Crippen LogP contribution in [-0.2, 0) is 0 Å². The summed E-state index contributed by atoms with van der Waals surface area (Å²) in [6, 6.07) is 1.80. The summed E-state index contributed by atoms with van der Waals surface area (Å²) in [5.74, 6) is 0.827. The Balaban J connectivity index is 2.92. The van der Waals surface area contributed by atoms with Gasteiger partial charge in [-0.3, -0.25) is 4.40 Å². The number of fused-ring (bicyclic) bond motifs is 1. The third-order valence-corrected chi connectivity index (χ3v) is 2.39. The molecular weight excluding hydrogens is 241 g/mol. The zero-order valence-electron chi connectivity index (χ0n) is 6.25. The van der Waals surface area contributed by atoms with Gasteiger partial charge in [0.05, 0.1) is 9.50 Å². The Hall–Kier alpha value is -0.610. The minimum atomic E-state index is 0.664. The summed E-state index contributed by atoms with van der Waals surface area (Å²) in [6.45, 7) is 1.88. The fourth-order valence-corrected chi connectivity index (χ4v) is 1.89. The smallest absolute Gasteiger partial charge is 0.175 e. The normalized spacial score (nSPS) is 10.9. The second-order valence-corrected chi connectivity index (χ2v) is 3.74. The van der Waals surface area contributed by atoms with Crippen molar-refractivity contribution in [2.75, 3.05) is 0 Å². The van der Waals surface area contributed by atoms with E-state index in [9.17, 15) is 0 Å². The third-order valence-electron chi connectivity index (χ3n) is 1.60. The highest BCUT2D eigenvalue weighted by Gasteiger charge is 2.05. The lowest BCUT2D eigenvalue weighted by Gasteiger charge is -1.97. The second-order valence-electron chi connectivity index (χ2n) is 2.45. The standard InChI is InChI=1S/C7H5BrClN3/c1-4-10-11-7-6(8)2-5(9)3-12(4)7/h2-3H,1H3. The summed E-state index contributed by atoms with van der Waals surface area (Å²) < 4.78 is 2.70. The Morgan fingerprint density at radius 1 is 1.50 bits per heavy atom. The lowest BCUT2D eigenvalue weighted by molar-refractivity contribution is 1.01. The number of aryl methyl sites for hydroxylation is 1. The van der Waals surface area contributed by atoms with E-state index in [-0.39, 0.29) is 0 Å². The van der Waals surface area contributed by atoms with Crippen LogP contribution in [0.4, 0.5) is 0 Å². The number of nitrogens with zero attached hydrogens (tertiary/aromatic N) is 3. The molecule has 3 nitrogen and oxygen atoms in total. The summed E-state index contributed by atoms with van der Waals surface area (Å²) in [4.78, 5) is 0. The van der Waals surface area contributed by atoms with Crippen molar-refractivity contribution in [1.82, 2.24) is 14.6 Å². The van der Waals surface area contributed by atoms with E-state index in [4.69, 9.17) is 11.6 Å². The van der Waals surface area contributed by atoms with Crippen LogP contribution in [-0.4, -0.2) is 14.6 Å². The van der Waals surface area contributed by atoms with Crippen LogP contribution in [0, 0.1) is 6.92 Å². The molecule has 12 heavy (non-hydrogen) atoms. The average molecular weight is 246 g/mol. The van der Waals surface area contributed by atoms with E-state index in [0.717, 1.165) is 15.9 Å². The van der Waals surface area contributed by atoms with Gasteiger partial charge in [-0.15, -0.1) is 10.2 Å². The largest absolute Gasteiger partial charge is 0.284 e. The summed E-state index contributed by atoms with van der Waals surface area (Å²) in [7, 11) is 0. The molecule has 2 rings (SSSR count). The molecule has 0 unspecified atom stereocenters. The molecule has 0 radical (unpaired) electrons. The number of aromatic nitrogens is 3. The molecule has 0 N–H and O–H groups in total. The molecule has 0 atom stereocenters. The first-order valence-corrected chi connectivity index (χ1v) is 4.52. The maximum absolute atomic E-state index is 5.85. The average Bonchev–Trinajstić information content (AvgIpc) is 2.33. The van der Waals surface area contributed by atoms with Crippen molar-refractivity contribution in [1.29, 1.82) is 0 Å². The highest BCUT2D eigenvalue weighted by Crippen LogP contribution is 2.21. The van der Waals surface area contributed by atoms with Crippen LogP contribution in [0.1, 0.15) is 5.82 Å². The van der Waals surface area contributed by atoms with E-state index >= 15 is 0 Å². The van der Waals surface area contributed by atoms with Gasteiger partial charge in [-0.1, -0.05) is 11.6 Å². The van der Waals surface area contributed by atoms with E-state index in [0.29, 0.717) is 5.02 Å². The Labute approximate surface area is 82.5 Å². The van der Waals surface area contributed by atoms with Crippen molar-refractivity contribution in [2.24, 2.45) is 0 Å². The van der Waals surface area contributed by atoms with Gasteiger partial charge in [-0.25, -0.2) is 0 Å². The Bertz CT molecular complexity index is 437. The van der Waals surface area contributed by atoms with Gasteiger partial charge < -0.3 is 0 Å². The molecule has 2 heterocycles. The van der Waals surface area contributed by atoms with E-state index < -0.39 is 0 Å². The van der Waals surface area contributed by atoms with Gasteiger partial charge in [0.25, 0.3) is 0 Å². The van der Waals surface area contributed by atoms with Gasteiger partial charge >= 0.3 is 0 Å². The molecule has 0 aliphatic rings. The quantitative estimate of drug-likeness (QED) is 0.715. The van der Waals surface area contributed by atoms with Gasteiger partial charge in [0.15, 0.2) is 5.65 Å². The summed E-state index contributed by atoms with van der Waals surface area (Å²) in [5, 5.41) is 8.55. The molecule has 62 valence electrons. The van der Waals surface area contributed by atoms with Crippen LogP contribution in [0.2, 0.25) is 5.02 Å². The number of hydrogen-bond acceptors (Lipinski definition) is 2. The Kier molecular flexibility index (Phi) is 1.81. The molecule has 0 amide bonds. The molecule has 0 saturated heterocycles. The highest BCUT2D eigenvalue weighted by atomic mass is 79.9. The molecule has 0 spiro atoms. The number of rotatable bonds is 0. The highest BCUT2D eigenvalue weighted by molar-refractivity contribution is 9.10. The zero-order valence-corrected chi connectivity index (χ0v) is 8.59. The summed E-state index contributed by atoms with van der Waals surface area (Å²) >= 11 is 9.20. The molecule has 2 aromatic heterocycles. The van der Waals surface area contributed by atoms with Crippen LogP contribution >= 0.6 is 27.5 Å². The minimum Gasteiger partial charge on any atom is -0.284 e. The van der Waals surface area contributed by atoms with Crippen LogP contribution < -0.4 is 0 Å². The van der Waals surface area contributed by atoms with E-state index in [1.807, 2.05) is 11.3 Å². The molecule has 2 aromatic rings. The summed E-state index contributed by atoms with van der Waals surface area (Å²) in [6.07, 6.45) is 1.79. The summed E-state index contributed by atoms with van der Waals surface area (Å²) in [5.41, 5.74) is 0.789. The zero-order chi connectivity index (χ0) is 8.72. The molecule has 0 bridgehead atoms. The number of hydrogen-bond donors (Lipinski definition) is 0. The number of halogens is 2. The first kappa shape index (κ1) is 8.01. The van der Waals surface area contributed by atoms with Crippen LogP contribution in [0.5, 0.6) is 0 Å². The predicted octanol–water partition coefficient (Wildman–Crippen LogP) is 2.45. The van der Waals surface area contributed by atoms with Crippen molar-refractivity contribution in [3.05, 3.63) is 27.6 Å². The molecular formula is C7H5BrClN3. The lowest BCUT2D eigenvalue weighted by Crippen LogP contribution is -1.87. The predicted molar refractivity (Wildman–Crippen MR) is 50.4 cm³/mol. The van der Waals surface area contributed by atoms with Crippen molar-refractivity contribution >= 4 is 33.2 Å². The fraction of sp³-hybridized carbons (Fsp3) is 0.143. The van der Waals surface area contributed by atoms with Gasteiger partial charge in [0, 0.05) is 6.20 Å². The van der Waals surface area contributed by atoms with Crippen molar-refractivity contribution in [3.63, 3.8) is 0 Å². The molecule has 0 saturated carbocycles. The van der Waals surface area contributed by atoms with E-state index in [1.165, 1.54) is 0 Å². The number of pyridine rings is 1. The van der Waals surface area contributed by atoms with Gasteiger partial charge in [-0.2, -0.15) is 0 Å². The van der Waals surface area contributed by atoms with Crippen molar-refractivity contribution in [3.8, 4) is 0 Å². The molecule has 0 fully saturated rings. The first-order valence-electron chi connectivity index (χ1n) is 3.35. The van der Waals surface area contributed by atoms with Gasteiger partial charge in [-0.05, 0) is 28.9 Å². The van der Waals surface area contributed by atoms with Gasteiger partial charge in [0.1, 0.15) is 5.82 Å². The molecule has 0 aliphatic carbocycles. The first-order chi connectivity index (χ1) is 5.68. The molecule has 0 aromatic carbocycles. The lowest BCUT2D eigenvalue weighted by atomic mass is 10.5. The minimum absolute atomic E-state index is 0.664. The topological polar surface area (TPSA) is 30.2 Å². The SMILES string of the molecule is Cc1nnc2c(Br)cc(Cl)cn12. The van der Waals surface area contributed by atoms with E-state index in [1.54, 1.807) is 12.3 Å². The Morgan fingerprint density at radius 2 is 2.25 bits per heavy atom. The second kappa shape index (κ2) is 2.71. The van der Waals surface area contributed by atoms with E-state index in [2.05, 4.69) is 26.1 Å². The monoisotopic (exact) mass is 245 g/mol. The third kappa shape index (κ3) is 1.11. The van der Waals surface area contributed by atoms with Crippen molar-refractivity contribution < 1.29 is 0 Å². The van der Waals surface area contributed by atoms with Crippen molar-refractivity contribution in [2.45, 2.75) is 6.92 Å².